The minimum Gasteiger partial charge on any atom is -0.394 e. The van der Waals surface area contributed by atoms with Crippen LogP contribution in [-0.2, 0) is 11.3 Å². The third-order valence-corrected chi connectivity index (χ3v) is 4.80. The maximum absolute atomic E-state index is 10.3. The van der Waals surface area contributed by atoms with Crippen molar-refractivity contribution in [2.75, 3.05) is 11.9 Å². The lowest BCUT2D eigenvalue weighted by molar-refractivity contribution is -0.250. The Kier molecular flexibility index (Phi) is 5.20. The van der Waals surface area contributed by atoms with Gasteiger partial charge >= 0.3 is 0 Å². The largest absolute Gasteiger partial charge is 0.394 e. The summed E-state index contributed by atoms with van der Waals surface area (Å²) in [5.41, 5.74) is 1.92. The van der Waals surface area contributed by atoms with Gasteiger partial charge in [-0.2, -0.15) is 0 Å². The smallest absolute Gasteiger partial charge is 0.167 e. The number of nitrogens with one attached hydrogen (secondary N) is 1. The van der Waals surface area contributed by atoms with Crippen molar-refractivity contribution < 1.29 is 25.2 Å². The Morgan fingerprint density at radius 1 is 1.00 bits per heavy atom. The summed E-state index contributed by atoms with van der Waals surface area (Å²) < 4.78 is 7.04. The molecule has 1 aromatic carbocycles. The number of aliphatic hydroxyl groups excluding tert-OH is 4. The Bertz CT molecular complexity index is 935. The van der Waals surface area contributed by atoms with Gasteiger partial charge in [0.1, 0.15) is 30.7 Å². The normalized spacial score (nSPS) is 27.8. The molecule has 0 saturated carbocycles. The van der Waals surface area contributed by atoms with Crippen LogP contribution >= 0.6 is 0 Å². The molecule has 0 amide bonds. The van der Waals surface area contributed by atoms with Gasteiger partial charge in [0.25, 0.3) is 0 Å². The van der Waals surface area contributed by atoms with E-state index in [1.165, 1.54) is 17.2 Å². The molecular weight excluding hydrogens is 366 g/mol. The molecule has 5 N–H and O–H groups in total. The molecule has 1 fully saturated rings. The van der Waals surface area contributed by atoms with Gasteiger partial charge < -0.3 is 30.5 Å². The summed E-state index contributed by atoms with van der Waals surface area (Å²) in [6.45, 7) is 0.0345. The summed E-state index contributed by atoms with van der Waals surface area (Å²) in [5, 5.41) is 42.9. The van der Waals surface area contributed by atoms with Gasteiger partial charge in [0, 0.05) is 6.54 Å². The van der Waals surface area contributed by atoms with E-state index in [1.807, 2.05) is 30.3 Å². The standard InChI is InChI=1S/C18H21N5O5/c24-7-11-13(25)14(26)15(27)18(28-11)23-9-22-12-16(20-8-21-17(12)23)19-6-10-4-2-1-3-5-10/h1-5,8-9,11,13-15,18,24-27H,6-7H2,(H,19,20,21)/t11-,13-,14+,15-,18?/m1/s1. The summed E-state index contributed by atoms with van der Waals surface area (Å²) in [6.07, 6.45) is -3.64. The average Bonchev–Trinajstić information content (AvgIpc) is 3.16. The van der Waals surface area contributed by atoms with Gasteiger partial charge in [-0.3, -0.25) is 4.57 Å². The first-order chi connectivity index (χ1) is 13.6. The lowest BCUT2D eigenvalue weighted by Crippen LogP contribution is -2.56. The van der Waals surface area contributed by atoms with E-state index >= 15 is 0 Å². The summed E-state index contributed by atoms with van der Waals surface area (Å²) in [5.74, 6) is 0.511. The zero-order valence-corrected chi connectivity index (χ0v) is 14.8. The minimum absolute atomic E-state index is 0.384. The number of imidazole rings is 1. The van der Waals surface area contributed by atoms with Crippen molar-refractivity contribution >= 4 is 17.0 Å². The van der Waals surface area contributed by atoms with Crippen molar-refractivity contribution in [1.82, 2.24) is 19.5 Å². The summed E-state index contributed by atoms with van der Waals surface area (Å²) in [6, 6.07) is 9.80. The average molecular weight is 387 g/mol. The van der Waals surface area contributed by atoms with Gasteiger partial charge in [0.15, 0.2) is 23.2 Å². The first-order valence-corrected chi connectivity index (χ1v) is 8.86. The molecule has 148 valence electrons. The van der Waals surface area contributed by atoms with E-state index in [4.69, 9.17) is 4.74 Å². The molecule has 3 heterocycles. The predicted octanol–water partition coefficient (Wildman–Crippen LogP) is -0.589. The molecule has 2 aromatic heterocycles. The highest BCUT2D eigenvalue weighted by atomic mass is 16.6. The van der Waals surface area contributed by atoms with Crippen LogP contribution in [0.25, 0.3) is 11.2 Å². The molecule has 1 aliphatic heterocycles. The third kappa shape index (κ3) is 3.32. The third-order valence-electron chi connectivity index (χ3n) is 4.80. The highest BCUT2D eigenvalue weighted by molar-refractivity contribution is 5.82. The molecule has 10 nitrogen and oxygen atoms in total. The van der Waals surface area contributed by atoms with E-state index in [0.717, 1.165) is 5.56 Å². The van der Waals surface area contributed by atoms with Gasteiger partial charge in [-0.1, -0.05) is 30.3 Å². The molecular formula is C18H21N5O5. The Labute approximate surface area is 160 Å². The van der Waals surface area contributed by atoms with Crippen molar-refractivity contribution in [1.29, 1.82) is 0 Å². The maximum atomic E-state index is 10.3. The lowest BCUT2D eigenvalue weighted by atomic mass is 9.98. The van der Waals surface area contributed by atoms with Crippen LogP contribution in [0.2, 0.25) is 0 Å². The molecule has 10 heteroatoms. The van der Waals surface area contributed by atoms with Crippen LogP contribution in [0.3, 0.4) is 0 Å². The van der Waals surface area contributed by atoms with E-state index in [0.29, 0.717) is 23.5 Å². The van der Waals surface area contributed by atoms with E-state index in [-0.39, 0.29) is 0 Å². The van der Waals surface area contributed by atoms with Gasteiger partial charge in [-0.25, -0.2) is 15.0 Å². The second-order valence-electron chi connectivity index (χ2n) is 6.60. The molecule has 1 saturated heterocycles. The quantitative estimate of drug-likeness (QED) is 0.388. The number of benzene rings is 1. The van der Waals surface area contributed by atoms with E-state index in [1.54, 1.807) is 0 Å². The minimum atomic E-state index is -1.48. The Balaban J connectivity index is 1.62. The number of aliphatic hydroxyl groups is 4. The second kappa shape index (κ2) is 7.78. The van der Waals surface area contributed by atoms with Crippen molar-refractivity contribution in [3.63, 3.8) is 0 Å². The number of fused-ring (bicyclic) bond motifs is 1. The van der Waals surface area contributed by atoms with Crippen molar-refractivity contribution in [3.05, 3.63) is 48.5 Å². The van der Waals surface area contributed by atoms with Gasteiger partial charge in [-0.15, -0.1) is 0 Å². The topological polar surface area (TPSA) is 146 Å². The first-order valence-electron chi connectivity index (χ1n) is 8.86. The Morgan fingerprint density at radius 2 is 1.79 bits per heavy atom. The maximum Gasteiger partial charge on any atom is 0.167 e. The highest BCUT2D eigenvalue weighted by Crippen LogP contribution is 2.31. The fraction of sp³-hybridized carbons (Fsp3) is 0.389. The summed E-state index contributed by atoms with van der Waals surface area (Å²) in [7, 11) is 0. The van der Waals surface area contributed by atoms with Crippen LogP contribution in [0.15, 0.2) is 43.0 Å². The van der Waals surface area contributed by atoms with Crippen molar-refractivity contribution in [2.45, 2.75) is 37.2 Å². The van der Waals surface area contributed by atoms with Gasteiger partial charge in [-0.05, 0) is 5.56 Å². The Morgan fingerprint density at radius 3 is 2.54 bits per heavy atom. The number of anilines is 1. The van der Waals surface area contributed by atoms with E-state index in [2.05, 4.69) is 20.3 Å². The molecule has 1 aliphatic rings. The van der Waals surface area contributed by atoms with Crippen LogP contribution in [0.5, 0.6) is 0 Å². The van der Waals surface area contributed by atoms with Crippen LogP contribution in [0.4, 0.5) is 5.82 Å². The molecule has 0 aliphatic carbocycles. The van der Waals surface area contributed by atoms with Crippen LogP contribution < -0.4 is 5.32 Å². The number of hydrogen-bond donors (Lipinski definition) is 5. The Hall–Kier alpha value is -2.63. The fourth-order valence-electron chi connectivity index (χ4n) is 3.26. The molecule has 0 radical (unpaired) electrons. The number of rotatable bonds is 5. The molecule has 4 rings (SSSR count). The monoisotopic (exact) mass is 387 g/mol. The van der Waals surface area contributed by atoms with Crippen molar-refractivity contribution in [2.24, 2.45) is 0 Å². The van der Waals surface area contributed by atoms with Gasteiger partial charge in [0.05, 0.1) is 12.9 Å². The molecule has 3 aromatic rings. The fourth-order valence-corrected chi connectivity index (χ4v) is 3.26. The number of ether oxygens (including phenoxy) is 1. The second-order valence-corrected chi connectivity index (χ2v) is 6.60. The molecule has 5 atom stereocenters. The molecule has 0 bridgehead atoms. The molecule has 28 heavy (non-hydrogen) atoms. The molecule has 0 spiro atoms. The van der Waals surface area contributed by atoms with Crippen molar-refractivity contribution in [3.8, 4) is 0 Å². The summed E-state index contributed by atoms with van der Waals surface area (Å²) >= 11 is 0. The zero-order valence-electron chi connectivity index (χ0n) is 14.8. The lowest BCUT2D eigenvalue weighted by Gasteiger charge is -2.40. The van der Waals surface area contributed by atoms with Crippen LogP contribution in [0, 0.1) is 0 Å². The van der Waals surface area contributed by atoms with Gasteiger partial charge in [0.2, 0.25) is 0 Å². The van der Waals surface area contributed by atoms with Crippen LogP contribution in [-0.4, -0.2) is 71.0 Å². The first kappa shape index (κ1) is 18.7. The van der Waals surface area contributed by atoms with Crippen LogP contribution in [0.1, 0.15) is 11.8 Å². The van der Waals surface area contributed by atoms with E-state index < -0.39 is 37.3 Å². The zero-order chi connectivity index (χ0) is 19.7. The SMILES string of the molecule is OC[C@H]1OC(n2cnc3c(NCc4ccccc4)ncnc32)[C@H](O)[C@@H](O)[C@@H]1O. The number of hydrogen-bond acceptors (Lipinski definition) is 9. The number of aromatic nitrogens is 4. The number of nitrogens with zero attached hydrogens (tertiary/aromatic N) is 4. The summed E-state index contributed by atoms with van der Waals surface area (Å²) in [4.78, 5) is 12.8. The van der Waals surface area contributed by atoms with E-state index in [9.17, 15) is 20.4 Å². The highest BCUT2D eigenvalue weighted by Gasteiger charge is 2.44. The molecule has 1 unspecified atom stereocenters. The predicted molar refractivity (Wildman–Crippen MR) is 98.1 cm³/mol.